The van der Waals surface area contributed by atoms with Crippen LogP contribution < -0.4 is 0 Å². The Hall–Kier alpha value is -1.11. The highest BCUT2D eigenvalue weighted by Crippen LogP contribution is 2.03. The van der Waals surface area contributed by atoms with Gasteiger partial charge in [-0.1, -0.05) is 70.4 Å². The second kappa shape index (κ2) is 13.3. The molecule has 1 nitrogen and oxygen atoms in total. The van der Waals surface area contributed by atoms with Gasteiger partial charge in [0.1, 0.15) is 5.78 Å². The van der Waals surface area contributed by atoms with Crippen molar-refractivity contribution in [2.45, 2.75) is 72.1 Å². The summed E-state index contributed by atoms with van der Waals surface area (Å²) in [5.41, 5.74) is 1.46. The SMILES string of the molecule is CCCCCC(=O)CC.CCCCc1ccccc1. The fraction of sp³-hybridized carbons (Fsp3) is 0.611. The van der Waals surface area contributed by atoms with Gasteiger partial charge in [0.2, 0.25) is 0 Å². The van der Waals surface area contributed by atoms with Gasteiger partial charge in [-0.2, -0.15) is 0 Å². The van der Waals surface area contributed by atoms with Crippen LogP contribution in [0.3, 0.4) is 0 Å². The van der Waals surface area contributed by atoms with Crippen LogP contribution in [0.15, 0.2) is 30.3 Å². The molecule has 0 aliphatic heterocycles. The molecule has 0 spiro atoms. The summed E-state index contributed by atoms with van der Waals surface area (Å²) in [4.78, 5) is 10.7. The Bertz CT molecular complexity index is 303. The second-order valence-corrected chi connectivity index (χ2v) is 4.94. The Kier molecular flexibility index (Phi) is 12.5. The highest BCUT2D eigenvalue weighted by molar-refractivity contribution is 5.77. The first-order valence-electron chi connectivity index (χ1n) is 7.80. The predicted octanol–water partition coefficient (Wildman–Crippen LogP) is 5.58. The van der Waals surface area contributed by atoms with E-state index in [1.165, 1.54) is 37.7 Å². The molecule has 19 heavy (non-hydrogen) atoms. The largest absolute Gasteiger partial charge is 0.300 e. The van der Waals surface area contributed by atoms with Crippen molar-refractivity contribution in [1.82, 2.24) is 0 Å². The van der Waals surface area contributed by atoms with Crippen molar-refractivity contribution in [3.63, 3.8) is 0 Å². The van der Waals surface area contributed by atoms with Crippen molar-refractivity contribution < 1.29 is 4.79 Å². The predicted molar refractivity (Wildman–Crippen MR) is 84.5 cm³/mol. The van der Waals surface area contributed by atoms with Gasteiger partial charge in [0, 0.05) is 12.8 Å². The molecule has 0 saturated carbocycles. The van der Waals surface area contributed by atoms with Crippen LogP contribution in [0.1, 0.15) is 71.3 Å². The van der Waals surface area contributed by atoms with Crippen LogP contribution in [-0.4, -0.2) is 5.78 Å². The summed E-state index contributed by atoms with van der Waals surface area (Å²) in [6, 6.07) is 10.6. The zero-order chi connectivity index (χ0) is 14.3. The third-order valence-electron chi connectivity index (χ3n) is 3.12. The maximum atomic E-state index is 10.7. The van der Waals surface area contributed by atoms with Gasteiger partial charge in [0.05, 0.1) is 0 Å². The van der Waals surface area contributed by atoms with E-state index in [0.29, 0.717) is 12.2 Å². The number of ketones is 1. The fourth-order valence-corrected chi connectivity index (χ4v) is 1.77. The molecular formula is C18H30O. The monoisotopic (exact) mass is 262 g/mol. The van der Waals surface area contributed by atoms with Gasteiger partial charge in [-0.3, -0.25) is 4.79 Å². The summed E-state index contributed by atoms with van der Waals surface area (Å²) in [5, 5.41) is 0. The van der Waals surface area contributed by atoms with Gasteiger partial charge < -0.3 is 0 Å². The van der Waals surface area contributed by atoms with Crippen LogP contribution in [0.5, 0.6) is 0 Å². The van der Waals surface area contributed by atoms with E-state index in [1.54, 1.807) is 0 Å². The molecule has 1 rings (SSSR count). The minimum Gasteiger partial charge on any atom is -0.300 e. The molecule has 0 amide bonds. The molecule has 0 radical (unpaired) electrons. The van der Waals surface area contributed by atoms with Crippen molar-refractivity contribution in [3.05, 3.63) is 35.9 Å². The number of carbonyl (C=O) groups excluding carboxylic acids is 1. The molecule has 0 aliphatic carbocycles. The highest BCUT2D eigenvalue weighted by Gasteiger charge is 1.95. The van der Waals surface area contributed by atoms with Crippen LogP contribution in [0.2, 0.25) is 0 Å². The molecule has 0 heterocycles. The van der Waals surface area contributed by atoms with Gasteiger partial charge in [-0.05, 0) is 24.8 Å². The number of hydrogen-bond donors (Lipinski definition) is 0. The Morgan fingerprint density at radius 1 is 0.895 bits per heavy atom. The molecule has 0 N–H and O–H groups in total. The second-order valence-electron chi connectivity index (χ2n) is 4.94. The van der Waals surface area contributed by atoms with Gasteiger partial charge in [0.25, 0.3) is 0 Å². The first-order chi connectivity index (χ1) is 9.24. The number of rotatable bonds is 8. The molecular weight excluding hydrogens is 232 g/mol. The summed E-state index contributed by atoms with van der Waals surface area (Å²) in [6.07, 6.45) is 8.83. The van der Waals surface area contributed by atoms with Gasteiger partial charge in [-0.15, -0.1) is 0 Å². The minimum atomic E-state index is 0.406. The van der Waals surface area contributed by atoms with Gasteiger partial charge >= 0.3 is 0 Å². The number of hydrogen-bond acceptors (Lipinski definition) is 1. The molecule has 0 unspecified atom stereocenters. The molecule has 0 saturated heterocycles. The van der Waals surface area contributed by atoms with Gasteiger partial charge in [-0.25, -0.2) is 0 Å². The number of benzene rings is 1. The van der Waals surface area contributed by atoms with Crippen LogP contribution in [0, 0.1) is 0 Å². The number of carbonyl (C=O) groups is 1. The summed E-state index contributed by atoms with van der Waals surface area (Å²) >= 11 is 0. The number of aryl methyl sites for hydroxylation is 1. The van der Waals surface area contributed by atoms with Crippen molar-refractivity contribution in [3.8, 4) is 0 Å². The highest BCUT2D eigenvalue weighted by atomic mass is 16.1. The fourth-order valence-electron chi connectivity index (χ4n) is 1.77. The molecule has 0 atom stereocenters. The van der Waals surface area contributed by atoms with Crippen LogP contribution in [-0.2, 0) is 11.2 Å². The van der Waals surface area contributed by atoms with Crippen LogP contribution >= 0.6 is 0 Å². The molecule has 1 aromatic rings. The lowest BCUT2D eigenvalue weighted by molar-refractivity contribution is -0.118. The molecule has 1 heteroatoms. The van der Waals surface area contributed by atoms with Crippen molar-refractivity contribution in [2.24, 2.45) is 0 Å². The Morgan fingerprint density at radius 3 is 2.05 bits per heavy atom. The van der Waals surface area contributed by atoms with E-state index in [2.05, 4.69) is 44.2 Å². The zero-order valence-corrected chi connectivity index (χ0v) is 13.0. The van der Waals surface area contributed by atoms with Gasteiger partial charge in [0.15, 0.2) is 0 Å². The summed E-state index contributed by atoms with van der Waals surface area (Å²) in [5.74, 6) is 0.406. The zero-order valence-electron chi connectivity index (χ0n) is 13.0. The summed E-state index contributed by atoms with van der Waals surface area (Å²) in [6.45, 7) is 6.30. The van der Waals surface area contributed by atoms with E-state index in [-0.39, 0.29) is 0 Å². The first-order valence-corrected chi connectivity index (χ1v) is 7.80. The number of unbranched alkanes of at least 4 members (excludes halogenated alkanes) is 3. The molecule has 0 aliphatic rings. The molecule has 0 bridgehead atoms. The van der Waals surface area contributed by atoms with E-state index >= 15 is 0 Å². The lowest BCUT2D eigenvalue weighted by Gasteiger charge is -1.96. The average Bonchev–Trinajstić information content (AvgIpc) is 2.47. The maximum Gasteiger partial charge on any atom is 0.132 e. The van der Waals surface area contributed by atoms with E-state index in [1.807, 2.05) is 6.92 Å². The third-order valence-corrected chi connectivity index (χ3v) is 3.12. The Balaban J connectivity index is 0.000000344. The van der Waals surface area contributed by atoms with Crippen LogP contribution in [0.25, 0.3) is 0 Å². The van der Waals surface area contributed by atoms with E-state index < -0.39 is 0 Å². The molecule has 108 valence electrons. The summed E-state index contributed by atoms with van der Waals surface area (Å²) < 4.78 is 0. The average molecular weight is 262 g/mol. The third kappa shape index (κ3) is 11.7. The quantitative estimate of drug-likeness (QED) is 0.559. The lowest BCUT2D eigenvalue weighted by atomic mass is 10.1. The number of Topliss-reactive ketones (excluding diaryl/α,β-unsaturated/α-hetero) is 1. The normalized spacial score (nSPS) is 9.63. The molecule has 0 aromatic heterocycles. The smallest absolute Gasteiger partial charge is 0.132 e. The summed E-state index contributed by atoms with van der Waals surface area (Å²) in [7, 11) is 0. The van der Waals surface area contributed by atoms with E-state index in [9.17, 15) is 4.79 Å². The van der Waals surface area contributed by atoms with Crippen molar-refractivity contribution >= 4 is 5.78 Å². The van der Waals surface area contributed by atoms with E-state index in [0.717, 1.165) is 12.8 Å². The Morgan fingerprint density at radius 2 is 1.53 bits per heavy atom. The molecule has 1 aromatic carbocycles. The maximum absolute atomic E-state index is 10.7. The first kappa shape index (κ1) is 17.9. The minimum absolute atomic E-state index is 0.406. The van der Waals surface area contributed by atoms with Crippen molar-refractivity contribution in [2.75, 3.05) is 0 Å². The van der Waals surface area contributed by atoms with Crippen molar-refractivity contribution in [1.29, 1.82) is 0 Å². The van der Waals surface area contributed by atoms with E-state index in [4.69, 9.17) is 0 Å². The molecule has 0 fully saturated rings. The lowest BCUT2D eigenvalue weighted by Crippen LogP contribution is -1.93. The standard InChI is InChI=1S/C10H14.C8H16O/c1-2-3-7-10-8-5-4-6-9-10;1-3-5-6-7-8(9)4-2/h4-6,8-9H,2-3,7H2,1H3;3-7H2,1-2H3. The topological polar surface area (TPSA) is 17.1 Å². The van der Waals surface area contributed by atoms with Crippen LogP contribution in [0.4, 0.5) is 0 Å². The Labute approximate surface area is 119 Å².